The minimum atomic E-state index is -0.0173. The van der Waals surface area contributed by atoms with Gasteiger partial charge in [-0.25, -0.2) is 0 Å². The van der Waals surface area contributed by atoms with E-state index in [1.54, 1.807) is 10.9 Å². The number of aryl methyl sites for hydroxylation is 1. The molecule has 27 heavy (non-hydrogen) atoms. The van der Waals surface area contributed by atoms with Gasteiger partial charge in [0.15, 0.2) is 6.61 Å². The zero-order chi connectivity index (χ0) is 19.2. The summed E-state index contributed by atoms with van der Waals surface area (Å²) in [6, 6.07) is 8.28. The summed E-state index contributed by atoms with van der Waals surface area (Å²) in [5.41, 5.74) is 2.34. The maximum absolute atomic E-state index is 12.7. The van der Waals surface area contributed by atoms with Crippen molar-refractivity contribution in [3.8, 4) is 5.75 Å². The molecule has 0 atom stereocenters. The van der Waals surface area contributed by atoms with E-state index in [1.807, 2.05) is 67.6 Å². The summed E-state index contributed by atoms with van der Waals surface area (Å²) in [4.78, 5) is 14.5. The van der Waals surface area contributed by atoms with E-state index >= 15 is 0 Å². The number of amides is 1. The number of benzene rings is 1. The summed E-state index contributed by atoms with van der Waals surface area (Å²) in [5, 5.41) is 4.17. The number of aromatic nitrogens is 2. The minimum Gasteiger partial charge on any atom is -0.484 e. The van der Waals surface area contributed by atoms with Crippen molar-refractivity contribution < 1.29 is 9.53 Å². The van der Waals surface area contributed by atoms with Gasteiger partial charge < -0.3 is 9.64 Å². The maximum Gasteiger partial charge on any atom is 0.261 e. The molecule has 1 aliphatic rings. The predicted octanol–water partition coefficient (Wildman–Crippen LogP) is 4.10. The summed E-state index contributed by atoms with van der Waals surface area (Å²) in [6.45, 7) is 4.62. The Bertz CT molecular complexity index is 740. The van der Waals surface area contributed by atoms with Crippen LogP contribution in [-0.2, 0) is 18.4 Å². The van der Waals surface area contributed by atoms with Crippen LogP contribution in [0.5, 0.6) is 5.75 Å². The lowest BCUT2D eigenvalue weighted by atomic mass is 10.2. The summed E-state index contributed by atoms with van der Waals surface area (Å²) in [5.74, 6) is 3.18. The molecule has 1 saturated heterocycles. The van der Waals surface area contributed by atoms with Gasteiger partial charge in [0.05, 0.1) is 10.8 Å². The second-order valence-electron chi connectivity index (χ2n) is 6.92. The fourth-order valence-corrected chi connectivity index (χ4v) is 5.83. The molecule has 0 N–H and O–H groups in total. The lowest BCUT2D eigenvalue weighted by molar-refractivity contribution is -0.135. The zero-order valence-corrected chi connectivity index (χ0v) is 17.8. The van der Waals surface area contributed by atoms with Crippen LogP contribution < -0.4 is 4.74 Å². The Morgan fingerprint density at radius 3 is 2.59 bits per heavy atom. The van der Waals surface area contributed by atoms with Gasteiger partial charge in [0.25, 0.3) is 5.91 Å². The van der Waals surface area contributed by atoms with Gasteiger partial charge in [0.2, 0.25) is 0 Å². The highest BCUT2D eigenvalue weighted by atomic mass is 32.2. The number of hydrogen-bond donors (Lipinski definition) is 0. The molecule has 3 rings (SSSR count). The quantitative estimate of drug-likeness (QED) is 0.694. The largest absolute Gasteiger partial charge is 0.484 e. The van der Waals surface area contributed by atoms with Crippen molar-refractivity contribution in [1.29, 1.82) is 0 Å². The molecule has 1 aromatic carbocycles. The molecule has 1 fully saturated rings. The number of rotatable bonds is 7. The number of nitrogens with zero attached hydrogens (tertiary/aromatic N) is 3. The van der Waals surface area contributed by atoms with Gasteiger partial charge in [0.1, 0.15) is 5.75 Å². The van der Waals surface area contributed by atoms with E-state index in [0.717, 1.165) is 11.3 Å². The molecule has 5 nitrogen and oxygen atoms in total. The standard InChI is InChI=1S/C20H27N3O2S2/c1-15(2)23(13-16-11-21-22(3)12-16)19(24)14-25-18-7-5-17(6-8-18)20-26-9-4-10-27-20/h5-8,11-12,15,20H,4,9-10,13-14H2,1-3H3. The molecule has 2 heterocycles. The first-order valence-corrected chi connectivity index (χ1v) is 11.4. The van der Waals surface area contributed by atoms with Crippen LogP contribution in [0.25, 0.3) is 0 Å². The molecule has 146 valence electrons. The number of hydrogen-bond acceptors (Lipinski definition) is 5. The van der Waals surface area contributed by atoms with Crippen LogP contribution in [0.1, 0.15) is 36.0 Å². The molecule has 0 unspecified atom stereocenters. The number of carbonyl (C=O) groups is 1. The van der Waals surface area contributed by atoms with Crippen LogP contribution in [0.2, 0.25) is 0 Å². The van der Waals surface area contributed by atoms with E-state index in [-0.39, 0.29) is 18.6 Å². The number of ether oxygens (including phenoxy) is 1. The van der Waals surface area contributed by atoms with Gasteiger partial charge in [-0.2, -0.15) is 5.10 Å². The topological polar surface area (TPSA) is 47.4 Å². The highest BCUT2D eigenvalue weighted by Gasteiger charge is 2.19. The third kappa shape index (κ3) is 5.69. The van der Waals surface area contributed by atoms with E-state index in [9.17, 15) is 4.79 Å². The van der Waals surface area contributed by atoms with Crippen LogP contribution in [0, 0.1) is 0 Å². The molecule has 0 radical (unpaired) electrons. The Morgan fingerprint density at radius 2 is 2.00 bits per heavy atom. The van der Waals surface area contributed by atoms with Crippen molar-refractivity contribution in [2.75, 3.05) is 18.1 Å². The first-order valence-electron chi connectivity index (χ1n) is 9.26. The molecule has 0 saturated carbocycles. The molecule has 1 amide bonds. The van der Waals surface area contributed by atoms with Gasteiger partial charge in [-0.1, -0.05) is 12.1 Å². The SMILES string of the molecule is CC(C)N(Cc1cnn(C)c1)C(=O)COc1ccc(C2SCCCS2)cc1. The minimum absolute atomic E-state index is 0.0173. The van der Waals surface area contributed by atoms with Gasteiger partial charge >= 0.3 is 0 Å². The van der Waals surface area contributed by atoms with Crippen molar-refractivity contribution in [2.24, 2.45) is 7.05 Å². The lowest BCUT2D eigenvalue weighted by Gasteiger charge is -2.26. The highest BCUT2D eigenvalue weighted by molar-refractivity contribution is 8.16. The maximum atomic E-state index is 12.7. The molecular weight excluding hydrogens is 378 g/mol. The Kier molecular flexibility index (Phi) is 7.13. The van der Waals surface area contributed by atoms with Crippen LogP contribution in [0.15, 0.2) is 36.7 Å². The van der Waals surface area contributed by atoms with Gasteiger partial charge in [0, 0.05) is 31.4 Å². The summed E-state index contributed by atoms with van der Waals surface area (Å²) >= 11 is 4.01. The van der Waals surface area contributed by atoms with Crippen LogP contribution in [0.4, 0.5) is 0 Å². The Balaban J connectivity index is 1.54. The first-order chi connectivity index (χ1) is 13.0. The fraction of sp³-hybridized carbons (Fsp3) is 0.500. The third-order valence-electron chi connectivity index (χ3n) is 4.40. The second-order valence-corrected chi connectivity index (χ2v) is 9.65. The second kappa shape index (κ2) is 9.55. The molecule has 0 aliphatic carbocycles. The normalized spacial score (nSPS) is 15.1. The van der Waals surface area contributed by atoms with E-state index < -0.39 is 0 Å². The summed E-state index contributed by atoms with van der Waals surface area (Å²) in [6.07, 6.45) is 5.02. The van der Waals surface area contributed by atoms with Crippen molar-refractivity contribution in [2.45, 2.75) is 37.4 Å². The van der Waals surface area contributed by atoms with Crippen molar-refractivity contribution >= 4 is 29.4 Å². The molecule has 7 heteroatoms. The van der Waals surface area contributed by atoms with Gasteiger partial charge in [-0.3, -0.25) is 9.48 Å². The average molecular weight is 406 g/mol. The molecule has 0 spiro atoms. The number of thioether (sulfide) groups is 2. The van der Waals surface area contributed by atoms with E-state index in [0.29, 0.717) is 11.1 Å². The Morgan fingerprint density at radius 1 is 1.30 bits per heavy atom. The van der Waals surface area contributed by atoms with Crippen molar-refractivity contribution in [3.05, 3.63) is 47.8 Å². The molecule has 0 bridgehead atoms. The number of carbonyl (C=O) groups excluding carboxylic acids is 1. The summed E-state index contributed by atoms with van der Waals surface area (Å²) < 4.78 is 8.03. The Labute approximate surface area is 169 Å². The average Bonchev–Trinajstić information content (AvgIpc) is 3.10. The van der Waals surface area contributed by atoms with Crippen LogP contribution in [-0.4, -0.2) is 44.7 Å². The van der Waals surface area contributed by atoms with E-state index in [2.05, 4.69) is 17.2 Å². The van der Waals surface area contributed by atoms with Crippen LogP contribution in [0.3, 0.4) is 0 Å². The van der Waals surface area contributed by atoms with Crippen molar-refractivity contribution in [1.82, 2.24) is 14.7 Å². The van der Waals surface area contributed by atoms with E-state index in [1.165, 1.54) is 23.5 Å². The third-order valence-corrected chi connectivity index (χ3v) is 7.41. The molecule has 1 aromatic heterocycles. The first kappa shape index (κ1) is 20.1. The Hall–Kier alpha value is -1.60. The molecule has 1 aliphatic heterocycles. The zero-order valence-electron chi connectivity index (χ0n) is 16.1. The predicted molar refractivity (Wildman–Crippen MR) is 113 cm³/mol. The molecule has 2 aromatic rings. The van der Waals surface area contributed by atoms with E-state index in [4.69, 9.17) is 4.74 Å². The smallest absolute Gasteiger partial charge is 0.261 e. The fourth-order valence-electron chi connectivity index (χ4n) is 2.94. The van der Waals surface area contributed by atoms with Gasteiger partial charge in [-0.15, -0.1) is 23.5 Å². The summed E-state index contributed by atoms with van der Waals surface area (Å²) in [7, 11) is 1.88. The van der Waals surface area contributed by atoms with Crippen molar-refractivity contribution in [3.63, 3.8) is 0 Å². The monoisotopic (exact) mass is 405 g/mol. The van der Waals surface area contributed by atoms with Crippen LogP contribution >= 0.6 is 23.5 Å². The highest BCUT2D eigenvalue weighted by Crippen LogP contribution is 2.43. The lowest BCUT2D eigenvalue weighted by Crippen LogP contribution is -2.39. The molecular formula is C20H27N3O2S2. The van der Waals surface area contributed by atoms with Gasteiger partial charge in [-0.05, 0) is 49.5 Å².